The van der Waals surface area contributed by atoms with E-state index >= 15 is 0 Å². The Hall–Kier alpha value is -1.06. The third-order valence-electron chi connectivity index (χ3n) is 2.14. The van der Waals surface area contributed by atoms with Gasteiger partial charge >= 0.3 is 6.01 Å². The predicted octanol–water partition coefficient (Wildman–Crippen LogP) is 1.37. The molecule has 1 aliphatic heterocycles. The minimum Gasteiger partial charge on any atom is -0.324 e. The molecule has 4 heteroatoms. The van der Waals surface area contributed by atoms with Gasteiger partial charge in [-0.3, -0.25) is 0 Å². The summed E-state index contributed by atoms with van der Waals surface area (Å²) in [4.78, 5) is 6.34. The Bertz CT molecular complexity index is 253. The fourth-order valence-corrected chi connectivity index (χ4v) is 1.50. The fourth-order valence-electron chi connectivity index (χ4n) is 1.50. The molecular formula is C8H13N3O. The van der Waals surface area contributed by atoms with Crippen LogP contribution in [0, 0.1) is 6.92 Å². The van der Waals surface area contributed by atoms with Gasteiger partial charge in [-0.25, -0.2) is 0 Å². The zero-order valence-corrected chi connectivity index (χ0v) is 7.29. The number of hydrogen-bond donors (Lipinski definition) is 0. The molecule has 0 amide bonds. The Morgan fingerprint density at radius 3 is 2.58 bits per heavy atom. The number of piperidine rings is 1. The lowest BCUT2D eigenvalue weighted by Gasteiger charge is -2.23. The molecule has 2 heterocycles. The van der Waals surface area contributed by atoms with Gasteiger partial charge in [0.05, 0.1) is 0 Å². The van der Waals surface area contributed by atoms with Crippen LogP contribution >= 0.6 is 0 Å². The van der Waals surface area contributed by atoms with Crippen LogP contribution in [0.3, 0.4) is 0 Å². The maximum atomic E-state index is 5.07. The van der Waals surface area contributed by atoms with Gasteiger partial charge in [0.1, 0.15) is 0 Å². The van der Waals surface area contributed by atoms with Gasteiger partial charge in [0.15, 0.2) is 5.82 Å². The molecule has 1 aromatic rings. The van der Waals surface area contributed by atoms with Gasteiger partial charge < -0.3 is 9.42 Å². The Morgan fingerprint density at radius 2 is 2.00 bits per heavy atom. The summed E-state index contributed by atoms with van der Waals surface area (Å²) in [6.07, 6.45) is 3.80. The molecule has 1 aliphatic rings. The molecule has 0 N–H and O–H groups in total. The van der Waals surface area contributed by atoms with Crippen LogP contribution < -0.4 is 4.90 Å². The molecule has 2 rings (SSSR count). The van der Waals surface area contributed by atoms with E-state index in [2.05, 4.69) is 15.0 Å². The molecule has 1 saturated heterocycles. The first kappa shape index (κ1) is 7.58. The molecule has 4 nitrogen and oxygen atoms in total. The van der Waals surface area contributed by atoms with Crippen LogP contribution in [0.25, 0.3) is 0 Å². The number of nitrogens with zero attached hydrogens (tertiary/aromatic N) is 3. The molecule has 0 spiro atoms. The van der Waals surface area contributed by atoms with E-state index in [1.54, 1.807) is 0 Å². The molecule has 0 saturated carbocycles. The van der Waals surface area contributed by atoms with Crippen LogP contribution in [0.5, 0.6) is 0 Å². The molecule has 0 bridgehead atoms. The monoisotopic (exact) mass is 167 g/mol. The van der Waals surface area contributed by atoms with Crippen molar-refractivity contribution in [1.82, 2.24) is 10.1 Å². The molecule has 1 aromatic heterocycles. The third-order valence-corrected chi connectivity index (χ3v) is 2.14. The van der Waals surface area contributed by atoms with E-state index in [1.807, 2.05) is 6.92 Å². The van der Waals surface area contributed by atoms with Gasteiger partial charge in [-0.1, -0.05) is 5.16 Å². The largest absolute Gasteiger partial charge is 0.324 e. The lowest BCUT2D eigenvalue weighted by atomic mass is 10.1. The van der Waals surface area contributed by atoms with Crippen molar-refractivity contribution >= 4 is 6.01 Å². The fraction of sp³-hybridized carbons (Fsp3) is 0.750. The van der Waals surface area contributed by atoms with Gasteiger partial charge in [-0.15, -0.1) is 0 Å². The summed E-state index contributed by atoms with van der Waals surface area (Å²) in [7, 11) is 0. The van der Waals surface area contributed by atoms with Crippen LogP contribution in [0.4, 0.5) is 6.01 Å². The molecular weight excluding hydrogens is 154 g/mol. The van der Waals surface area contributed by atoms with Crippen LogP contribution in [0.1, 0.15) is 25.1 Å². The molecule has 0 aliphatic carbocycles. The lowest BCUT2D eigenvalue weighted by molar-refractivity contribution is 0.398. The second-order valence-corrected chi connectivity index (χ2v) is 3.17. The molecule has 0 aromatic carbocycles. The van der Waals surface area contributed by atoms with Crippen LogP contribution in [-0.4, -0.2) is 23.2 Å². The third kappa shape index (κ3) is 1.42. The highest BCUT2D eigenvalue weighted by Gasteiger charge is 2.15. The van der Waals surface area contributed by atoms with Crippen molar-refractivity contribution < 1.29 is 4.52 Å². The number of rotatable bonds is 1. The number of aromatic nitrogens is 2. The molecule has 0 atom stereocenters. The number of anilines is 1. The zero-order chi connectivity index (χ0) is 8.39. The summed E-state index contributed by atoms with van der Waals surface area (Å²) in [6, 6.07) is 0.687. The van der Waals surface area contributed by atoms with E-state index in [1.165, 1.54) is 19.3 Å². The van der Waals surface area contributed by atoms with Crippen molar-refractivity contribution in [3.63, 3.8) is 0 Å². The van der Waals surface area contributed by atoms with Gasteiger partial charge in [0, 0.05) is 13.1 Å². The van der Waals surface area contributed by atoms with Gasteiger partial charge in [0.2, 0.25) is 0 Å². The van der Waals surface area contributed by atoms with E-state index < -0.39 is 0 Å². The topological polar surface area (TPSA) is 42.2 Å². The Balaban J connectivity index is 2.08. The maximum Gasteiger partial charge on any atom is 0.324 e. The van der Waals surface area contributed by atoms with Crippen molar-refractivity contribution in [1.29, 1.82) is 0 Å². The zero-order valence-electron chi connectivity index (χ0n) is 7.29. The molecule has 12 heavy (non-hydrogen) atoms. The van der Waals surface area contributed by atoms with Crippen LogP contribution in [-0.2, 0) is 0 Å². The highest BCUT2D eigenvalue weighted by atomic mass is 16.5. The maximum absolute atomic E-state index is 5.07. The van der Waals surface area contributed by atoms with E-state index in [4.69, 9.17) is 4.52 Å². The molecule has 1 fully saturated rings. The van der Waals surface area contributed by atoms with Crippen molar-refractivity contribution in [3.05, 3.63) is 5.82 Å². The molecule has 0 unspecified atom stereocenters. The van der Waals surface area contributed by atoms with Crippen LogP contribution in [0.15, 0.2) is 4.52 Å². The Labute approximate surface area is 71.6 Å². The van der Waals surface area contributed by atoms with E-state index in [0.717, 1.165) is 18.9 Å². The summed E-state index contributed by atoms with van der Waals surface area (Å²) in [5.41, 5.74) is 0. The van der Waals surface area contributed by atoms with Gasteiger partial charge in [-0.05, 0) is 26.2 Å². The molecule has 66 valence electrons. The van der Waals surface area contributed by atoms with Gasteiger partial charge in [0.25, 0.3) is 0 Å². The minimum absolute atomic E-state index is 0.687. The average molecular weight is 167 g/mol. The smallest absolute Gasteiger partial charge is 0.324 e. The first-order valence-corrected chi connectivity index (χ1v) is 4.41. The van der Waals surface area contributed by atoms with Crippen molar-refractivity contribution in [2.75, 3.05) is 18.0 Å². The van der Waals surface area contributed by atoms with Crippen molar-refractivity contribution in [3.8, 4) is 0 Å². The second-order valence-electron chi connectivity index (χ2n) is 3.17. The quantitative estimate of drug-likeness (QED) is 0.633. The predicted molar refractivity (Wildman–Crippen MR) is 45.1 cm³/mol. The highest BCUT2D eigenvalue weighted by molar-refractivity contribution is 5.24. The summed E-state index contributed by atoms with van der Waals surface area (Å²) >= 11 is 0. The normalized spacial score (nSPS) is 18.2. The van der Waals surface area contributed by atoms with Crippen LogP contribution in [0.2, 0.25) is 0 Å². The van der Waals surface area contributed by atoms with Crippen molar-refractivity contribution in [2.45, 2.75) is 26.2 Å². The first-order chi connectivity index (χ1) is 5.86. The highest BCUT2D eigenvalue weighted by Crippen LogP contribution is 2.16. The minimum atomic E-state index is 0.687. The Kier molecular flexibility index (Phi) is 1.98. The van der Waals surface area contributed by atoms with E-state index in [0.29, 0.717) is 6.01 Å². The summed E-state index contributed by atoms with van der Waals surface area (Å²) in [5.74, 6) is 0.718. The summed E-state index contributed by atoms with van der Waals surface area (Å²) in [6.45, 7) is 3.96. The first-order valence-electron chi connectivity index (χ1n) is 4.41. The lowest BCUT2D eigenvalue weighted by Crippen LogP contribution is -2.29. The Morgan fingerprint density at radius 1 is 1.25 bits per heavy atom. The summed E-state index contributed by atoms with van der Waals surface area (Å²) in [5, 5.41) is 3.76. The van der Waals surface area contributed by atoms with Gasteiger partial charge in [-0.2, -0.15) is 4.98 Å². The van der Waals surface area contributed by atoms with E-state index in [9.17, 15) is 0 Å². The standard InChI is InChI=1S/C8H13N3O/c1-7-9-8(12-10-7)11-5-3-2-4-6-11/h2-6H2,1H3. The average Bonchev–Trinajstić information content (AvgIpc) is 2.54. The van der Waals surface area contributed by atoms with E-state index in [-0.39, 0.29) is 0 Å². The SMILES string of the molecule is Cc1noc(N2CCCCC2)n1. The second kappa shape index (κ2) is 3.13. The number of aryl methyl sites for hydroxylation is 1. The van der Waals surface area contributed by atoms with Crippen molar-refractivity contribution in [2.24, 2.45) is 0 Å². The molecule has 0 radical (unpaired) electrons. The summed E-state index contributed by atoms with van der Waals surface area (Å²) < 4.78 is 5.07. The number of hydrogen-bond acceptors (Lipinski definition) is 4.